The van der Waals surface area contributed by atoms with Gasteiger partial charge in [0.1, 0.15) is 11.6 Å². The topological polar surface area (TPSA) is 47.8 Å². The summed E-state index contributed by atoms with van der Waals surface area (Å²) in [5, 5.41) is 0.646. The highest BCUT2D eigenvalue weighted by atomic mass is 35.5. The van der Waals surface area contributed by atoms with Crippen LogP contribution in [0.2, 0.25) is 5.02 Å². The zero-order chi connectivity index (χ0) is 18.8. The molecule has 4 rings (SSSR count). The summed E-state index contributed by atoms with van der Waals surface area (Å²) in [5.74, 6) is 0.0752. The normalized spacial score (nSPS) is 10.6. The van der Waals surface area contributed by atoms with Crippen molar-refractivity contribution in [3.63, 3.8) is 0 Å². The predicted molar refractivity (Wildman–Crippen MR) is 111 cm³/mol. The number of para-hydroxylation sites is 1. The first kappa shape index (κ1) is 20.0. The molecule has 0 aliphatic heterocycles. The summed E-state index contributed by atoms with van der Waals surface area (Å²) in [7, 11) is 0. The second kappa shape index (κ2) is 8.50. The highest BCUT2D eigenvalue weighted by Crippen LogP contribution is 2.22. The first-order valence-corrected chi connectivity index (χ1v) is 8.87. The number of hydrogen-bond donors (Lipinski definition) is 0. The molecule has 142 valence electrons. The number of aromatic nitrogens is 3. The van der Waals surface area contributed by atoms with Crippen LogP contribution in [0.1, 0.15) is 11.5 Å². The Labute approximate surface area is 172 Å². The van der Waals surface area contributed by atoms with Crippen LogP contribution in [-0.4, -0.2) is 14.5 Å². The molecule has 2 aromatic carbocycles. The molecule has 4 nitrogen and oxygen atoms in total. The SMILES string of the molecule is Cl.O=c1c2cc(F)ccc2nc(CCc2ccccn2)n1-c1ccccc1Cl. The standard InChI is InChI=1S/C21H15ClFN3O.ClH/c22-17-6-1-2-7-19(17)26-20(11-9-15-5-3-4-12-24-15)25-18-10-8-14(23)13-16(18)21(26)27;/h1-8,10,12-13H,9,11H2;1H. The third-order valence-corrected chi connectivity index (χ3v) is 4.64. The second-order valence-electron chi connectivity index (χ2n) is 6.10. The van der Waals surface area contributed by atoms with Crippen molar-refractivity contribution in [1.29, 1.82) is 0 Å². The maximum absolute atomic E-state index is 13.7. The Balaban J connectivity index is 0.00000225. The zero-order valence-corrected chi connectivity index (χ0v) is 16.3. The minimum Gasteiger partial charge on any atom is -0.268 e. The van der Waals surface area contributed by atoms with Gasteiger partial charge in [-0.25, -0.2) is 9.37 Å². The molecule has 4 aromatic rings. The lowest BCUT2D eigenvalue weighted by atomic mass is 10.1. The van der Waals surface area contributed by atoms with E-state index in [-0.39, 0.29) is 23.4 Å². The largest absolute Gasteiger partial charge is 0.268 e. The van der Waals surface area contributed by atoms with Crippen molar-refractivity contribution in [2.45, 2.75) is 12.8 Å². The Morgan fingerprint density at radius 1 is 1.00 bits per heavy atom. The smallest absolute Gasteiger partial charge is 0.266 e. The Morgan fingerprint density at radius 3 is 2.54 bits per heavy atom. The van der Waals surface area contributed by atoms with Crippen molar-refractivity contribution in [3.05, 3.63) is 99.6 Å². The fourth-order valence-corrected chi connectivity index (χ4v) is 3.26. The highest BCUT2D eigenvalue weighted by molar-refractivity contribution is 6.32. The molecule has 2 aromatic heterocycles. The van der Waals surface area contributed by atoms with Crippen molar-refractivity contribution in [2.24, 2.45) is 0 Å². The molecule has 0 aliphatic rings. The molecule has 0 spiro atoms. The van der Waals surface area contributed by atoms with Gasteiger partial charge >= 0.3 is 0 Å². The van der Waals surface area contributed by atoms with Crippen LogP contribution >= 0.6 is 24.0 Å². The van der Waals surface area contributed by atoms with Gasteiger partial charge in [0.15, 0.2) is 0 Å². The van der Waals surface area contributed by atoms with E-state index in [0.29, 0.717) is 34.9 Å². The summed E-state index contributed by atoms with van der Waals surface area (Å²) in [5.41, 5.74) is 1.54. The molecule has 0 atom stereocenters. The molecule has 0 aliphatic carbocycles. The molecule has 0 saturated carbocycles. The highest BCUT2D eigenvalue weighted by Gasteiger charge is 2.15. The van der Waals surface area contributed by atoms with E-state index in [1.165, 1.54) is 22.8 Å². The first-order chi connectivity index (χ1) is 13.1. The van der Waals surface area contributed by atoms with E-state index in [4.69, 9.17) is 11.6 Å². The van der Waals surface area contributed by atoms with Crippen LogP contribution in [0.15, 0.2) is 71.7 Å². The zero-order valence-electron chi connectivity index (χ0n) is 14.7. The van der Waals surface area contributed by atoms with Crippen LogP contribution in [0.25, 0.3) is 16.6 Å². The molecular weight excluding hydrogens is 400 g/mol. The van der Waals surface area contributed by atoms with E-state index in [1.807, 2.05) is 18.2 Å². The molecule has 7 heteroatoms. The lowest BCUT2D eigenvalue weighted by Crippen LogP contribution is -2.24. The van der Waals surface area contributed by atoms with Crippen molar-refractivity contribution in [2.75, 3.05) is 0 Å². The Morgan fingerprint density at radius 2 is 1.79 bits per heavy atom. The molecule has 2 heterocycles. The Kier molecular flexibility index (Phi) is 6.07. The Hall–Kier alpha value is -2.76. The number of rotatable bonds is 4. The minimum absolute atomic E-state index is 0. The van der Waals surface area contributed by atoms with Gasteiger partial charge in [-0.2, -0.15) is 0 Å². The van der Waals surface area contributed by atoms with E-state index in [2.05, 4.69) is 9.97 Å². The molecular formula is C21H16Cl2FN3O. The fourth-order valence-electron chi connectivity index (χ4n) is 3.04. The predicted octanol–water partition coefficient (Wildman–Crippen LogP) is 4.78. The number of hydrogen-bond acceptors (Lipinski definition) is 3. The van der Waals surface area contributed by atoms with Crippen molar-refractivity contribution in [3.8, 4) is 5.69 Å². The molecule has 0 saturated heterocycles. The van der Waals surface area contributed by atoms with Gasteiger partial charge in [-0.05, 0) is 48.9 Å². The van der Waals surface area contributed by atoms with Crippen LogP contribution in [0, 0.1) is 5.82 Å². The van der Waals surface area contributed by atoms with E-state index in [9.17, 15) is 9.18 Å². The minimum atomic E-state index is -0.478. The van der Waals surface area contributed by atoms with Crippen LogP contribution in [0.5, 0.6) is 0 Å². The average Bonchev–Trinajstić information content (AvgIpc) is 2.69. The van der Waals surface area contributed by atoms with E-state index < -0.39 is 5.82 Å². The monoisotopic (exact) mass is 415 g/mol. The third kappa shape index (κ3) is 3.91. The van der Waals surface area contributed by atoms with Gasteiger partial charge in [-0.3, -0.25) is 14.3 Å². The maximum Gasteiger partial charge on any atom is 0.266 e. The summed E-state index contributed by atoms with van der Waals surface area (Å²) >= 11 is 6.33. The van der Waals surface area contributed by atoms with Gasteiger partial charge in [-0.1, -0.05) is 29.8 Å². The molecule has 0 radical (unpaired) electrons. The second-order valence-corrected chi connectivity index (χ2v) is 6.51. The van der Waals surface area contributed by atoms with Gasteiger partial charge in [0.25, 0.3) is 5.56 Å². The number of benzene rings is 2. The number of nitrogens with zero attached hydrogens (tertiary/aromatic N) is 3. The first-order valence-electron chi connectivity index (χ1n) is 8.49. The van der Waals surface area contributed by atoms with Crippen molar-refractivity contribution < 1.29 is 4.39 Å². The lowest BCUT2D eigenvalue weighted by Gasteiger charge is -2.15. The van der Waals surface area contributed by atoms with Crippen LogP contribution < -0.4 is 5.56 Å². The summed E-state index contributed by atoms with van der Waals surface area (Å²) in [4.78, 5) is 22.1. The molecule has 0 amide bonds. The number of fused-ring (bicyclic) bond motifs is 1. The quantitative estimate of drug-likeness (QED) is 0.481. The van der Waals surface area contributed by atoms with Crippen LogP contribution in [-0.2, 0) is 12.8 Å². The summed E-state index contributed by atoms with van der Waals surface area (Å²) in [6.07, 6.45) is 2.84. The summed E-state index contributed by atoms with van der Waals surface area (Å²) in [6.45, 7) is 0. The lowest BCUT2D eigenvalue weighted by molar-refractivity contribution is 0.629. The van der Waals surface area contributed by atoms with E-state index in [0.717, 1.165) is 5.69 Å². The van der Waals surface area contributed by atoms with Crippen LogP contribution in [0.4, 0.5) is 4.39 Å². The number of aryl methyl sites for hydroxylation is 2. The van der Waals surface area contributed by atoms with E-state index >= 15 is 0 Å². The van der Waals surface area contributed by atoms with Crippen molar-refractivity contribution >= 4 is 34.9 Å². The molecule has 0 unspecified atom stereocenters. The average molecular weight is 416 g/mol. The van der Waals surface area contributed by atoms with Gasteiger partial charge in [0, 0.05) is 18.3 Å². The van der Waals surface area contributed by atoms with Gasteiger partial charge < -0.3 is 0 Å². The van der Waals surface area contributed by atoms with Gasteiger partial charge in [0.05, 0.1) is 21.6 Å². The Bertz CT molecular complexity index is 1180. The van der Waals surface area contributed by atoms with Crippen LogP contribution in [0.3, 0.4) is 0 Å². The fraction of sp³-hybridized carbons (Fsp3) is 0.0952. The van der Waals surface area contributed by atoms with E-state index in [1.54, 1.807) is 30.5 Å². The van der Waals surface area contributed by atoms with Gasteiger partial charge in [-0.15, -0.1) is 12.4 Å². The molecule has 0 N–H and O–H groups in total. The van der Waals surface area contributed by atoms with Crippen molar-refractivity contribution in [1.82, 2.24) is 14.5 Å². The summed E-state index contributed by atoms with van der Waals surface area (Å²) in [6, 6.07) is 16.8. The van der Waals surface area contributed by atoms with Gasteiger partial charge in [0.2, 0.25) is 0 Å². The summed E-state index contributed by atoms with van der Waals surface area (Å²) < 4.78 is 15.2. The maximum atomic E-state index is 13.7. The molecule has 0 fully saturated rings. The molecule has 0 bridgehead atoms. The molecule has 28 heavy (non-hydrogen) atoms. The number of halogens is 3. The third-order valence-electron chi connectivity index (χ3n) is 4.32. The number of pyridine rings is 1.